The smallest absolute Gasteiger partial charge is 0.267 e. The third-order valence-electron chi connectivity index (χ3n) is 5.94. The number of primary amides is 1. The van der Waals surface area contributed by atoms with Gasteiger partial charge in [-0.3, -0.25) is 19.8 Å². The Hall–Kier alpha value is -2.32. The first-order chi connectivity index (χ1) is 12.6. The van der Waals surface area contributed by atoms with Crippen LogP contribution in [0.4, 0.5) is 0 Å². The predicted molar refractivity (Wildman–Crippen MR) is 93.9 cm³/mol. The molecular formula is C18H24N6O2. The van der Waals surface area contributed by atoms with Gasteiger partial charge in [-0.2, -0.15) is 0 Å². The fraction of sp³-hybridized carbons (Fsp3) is 0.556. The number of nitrogens with zero attached hydrogens (tertiary/aromatic N) is 4. The molecule has 1 amide bonds. The number of nitrogens with one attached hydrogen (secondary N) is 1. The summed E-state index contributed by atoms with van der Waals surface area (Å²) in [5, 5.41) is 10.6. The van der Waals surface area contributed by atoms with Crippen LogP contribution < -0.4 is 5.73 Å². The van der Waals surface area contributed by atoms with E-state index in [1.165, 1.54) is 6.42 Å². The number of rotatable bonds is 5. The molecule has 4 rings (SSSR count). The van der Waals surface area contributed by atoms with Gasteiger partial charge in [0.25, 0.3) is 5.91 Å². The van der Waals surface area contributed by atoms with Crippen molar-refractivity contribution in [3.05, 3.63) is 41.5 Å². The number of H-pyrrole nitrogens is 1. The van der Waals surface area contributed by atoms with Crippen molar-refractivity contribution in [3.63, 3.8) is 0 Å². The standard InChI is InChI=1S/C18H24N6O2/c1-26-18(12-5-6-20-16(7-12)17(19)25)13-3-2-4-14(18)10-24(9-13)11-15-8-21-23-22-15/h5-8,13-14H,2-4,9-11H2,1H3,(H2,19,25)(H,21,22,23)/t13-,14+,18-. The average molecular weight is 356 g/mol. The fourth-order valence-electron chi connectivity index (χ4n) is 4.92. The Morgan fingerprint density at radius 2 is 2.19 bits per heavy atom. The van der Waals surface area contributed by atoms with Gasteiger partial charge < -0.3 is 10.5 Å². The maximum atomic E-state index is 11.6. The van der Waals surface area contributed by atoms with Crippen molar-refractivity contribution in [1.29, 1.82) is 0 Å². The molecule has 0 unspecified atom stereocenters. The summed E-state index contributed by atoms with van der Waals surface area (Å²) in [6, 6.07) is 3.78. The molecule has 2 aromatic heterocycles. The van der Waals surface area contributed by atoms with E-state index in [0.29, 0.717) is 17.5 Å². The van der Waals surface area contributed by atoms with Gasteiger partial charge in [0.05, 0.1) is 11.9 Å². The number of pyridine rings is 1. The number of likely N-dealkylation sites (tertiary alicyclic amines) is 1. The first kappa shape index (κ1) is 17.1. The van der Waals surface area contributed by atoms with Gasteiger partial charge >= 0.3 is 0 Å². The number of nitrogens with two attached hydrogens (primary N) is 1. The van der Waals surface area contributed by atoms with Crippen molar-refractivity contribution in [2.45, 2.75) is 31.4 Å². The largest absolute Gasteiger partial charge is 0.373 e. The lowest BCUT2D eigenvalue weighted by molar-refractivity contribution is -0.170. The minimum absolute atomic E-state index is 0.294. The quantitative estimate of drug-likeness (QED) is 0.829. The molecule has 0 radical (unpaired) electrons. The molecule has 1 aliphatic carbocycles. The fourth-order valence-corrected chi connectivity index (χ4v) is 4.92. The van der Waals surface area contributed by atoms with Crippen molar-refractivity contribution >= 4 is 5.91 Å². The van der Waals surface area contributed by atoms with Crippen molar-refractivity contribution < 1.29 is 9.53 Å². The molecule has 2 aliphatic rings. The van der Waals surface area contributed by atoms with Gasteiger partial charge in [0.15, 0.2) is 0 Å². The van der Waals surface area contributed by atoms with Crippen LogP contribution in [0, 0.1) is 11.8 Å². The first-order valence-electron chi connectivity index (χ1n) is 9.02. The third-order valence-corrected chi connectivity index (χ3v) is 5.94. The summed E-state index contributed by atoms with van der Waals surface area (Å²) in [6.07, 6.45) is 6.82. The van der Waals surface area contributed by atoms with Crippen LogP contribution in [0.2, 0.25) is 0 Å². The van der Waals surface area contributed by atoms with E-state index in [4.69, 9.17) is 10.5 Å². The lowest BCUT2D eigenvalue weighted by Crippen LogP contribution is -2.58. The zero-order chi connectivity index (χ0) is 18.1. The molecule has 26 heavy (non-hydrogen) atoms. The highest BCUT2D eigenvalue weighted by molar-refractivity contribution is 5.90. The van der Waals surface area contributed by atoms with Crippen molar-refractivity contribution in [3.8, 4) is 0 Å². The molecule has 0 aromatic carbocycles. The van der Waals surface area contributed by atoms with Crippen molar-refractivity contribution in [2.24, 2.45) is 17.6 Å². The Labute approximate surface area is 152 Å². The summed E-state index contributed by atoms with van der Waals surface area (Å²) in [5.41, 5.74) is 7.38. The number of hydrogen-bond donors (Lipinski definition) is 2. The van der Waals surface area contributed by atoms with E-state index in [1.54, 1.807) is 19.5 Å². The van der Waals surface area contributed by atoms with E-state index < -0.39 is 11.5 Å². The lowest BCUT2D eigenvalue weighted by atomic mass is 9.62. The Balaban J connectivity index is 1.66. The van der Waals surface area contributed by atoms with E-state index in [-0.39, 0.29) is 0 Å². The number of carbonyl (C=O) groups excluding carboxylic acids is 1. The normalized spacial score (nSPS) is 28.8. The number of methoxy groups -OCH3 is 1. The average Bonchev–Trinajstić information content (AvgIpc) is 3.14. The minimum atomic E-state index is -0.507. The molecule has 2 fully saturated rings. The van der Waals surface area contributed by atoms with Crippen LogP contribution in [-0.2, 0) is 16.9 Å². The van der Waals surface area contributed by atoms with E-state index in [0.717, 1.165) is 43.7 Å². The highest BCUT2D eigenvalue weighted by Gasteiger charge is 2.53. The third kappa shape index (κ3) is 2.79. The van der Waals surface area contributed by atoms with Crippen LogP contribution in [0.5, 0.6) is 0 Å². The van der Waals surface area contributed by atoms with Crippen LogP contribution in [0.15, 0.2) is 24.5 Å². The molecule has 3 atom stereocenters. The summed E-state index contributed by atoms with van der Waals surface area (Å²) in [7, 11) is 1.78. The highest BCUT2D eigenvalue weighted by Crippen LogP contribution is 2.51. The van der Waals surface area contributed by atoms with E-state index in [9.17, 15) is 4.79 Å². The molecule has 8 heteroatoms. The Morgan fingerprint density at radius 1 is 1.42 bits per heavy atom. The predicted octanol–water partition coefficient (Wildman–Crippen LogP) is 1.07. The summed E-state index contributed by atoms with van der Waals surface area (Å²) in [5.74, 6) is 0.186. The summed E-state index contributed by atoms with van der Waals surface area (Å²) in [6.45, 7) is 2.66. The Morgan fingerprint density at radius 3 is 2.81 bits per heavy atom. The second-order valence-corrected chi connectivity index (χ2v) is 7.29. The first-order valence-corrected chi connectivity index (χ1v) is 9.02. The van der Waals surface area contributed by atoms with E-state index >= 15 is 0 Å². The number of ether oxygens (including phenoxy) is 1. The topological polar surface area (TPSA) is 110 Å². The lowest BCUT2D eigenvalue weighted by Gasteiger charge is -2.55. The number of aromatic nitrogens is 4. The van der Waals surface area contributed by atoms with Gasteiger partial charge in [0, 0.05) is 44.8 Å². The summed E-state index contributed by atoms with van der Waals surface area (Å²) >= 11 is 0. The van der Waals surface area contributed by atoms with Gasteiger partial charge in [0.1, 0.15) is 11.3 Å². The summed E-state index contributed by atoms with van der Waals surface area (Å²) < 4.78 is 6.21. The number of amides is 1. The molecule has 3 heterocycles. The van der Waals surface area contributed by atoms with E-state index in [2.05, 4.69) is 25.3 Å². The molecule has 0 spiro atoms. The Kier molecular flexibility index (Phi) is 4.46. The van der Waals surface area contributed by atoms with Gasteiger partial charge in [-0.1, -0.05) is 11.6 Å². The Bertz CT molecular complexity index is 764. The SMILES string of the molecule is CO[C@]1(c2ccnc(C(N)=O)c2)[C@@H]2CCC[C@H]1CN(Cc1cnn[nH]1)C2. The number of fused-ring (bicyclic) bond motifs is 2. The monoisotopic (exact) mass is 356 g/mol. The van der Waals surface area contributed by atoms with Crippen molar-refractivity contribution in [1.82, 2.24) is 25.3 Å². The molecule has 1 saturated heterocycles. The zero-order valence-corrected chi connectivity index (χ0v) is 14.9. The zero-order valence-electron chi connectivity index (χ0n) is 14.9. The number of carbonyl (C=O) groups is 1. The molecule has 1 saturated carbocycles. The number of hydrogen-bond acceptors (Lipinski definition) is 6. The maximum Gasteiger partial charge on any atom is 0.267 e. The van der Waals surface area contributed by atoms with Crippen LogP contribution >= 0.6 is 0 Å². The van der Waals surface area contributed by atoms with Crippen molar-refractivity contribution in [2.75, 3.05) is 20.2 Å². The van der Waals surface area contributed by atoms with Gasteiger partial charge in [-0.25, -0.2) is 0 Å². The molecule has 1 aliphatic heterocycles. The highest BCUT2D eigenvalue weighted by atomic mass is 16.5. The van der Waals surface area contributed by atoms with Gasteiger partial charge in [-0.15, -0.1) is 5.10 Å². The van der Waals surface area contributed by atoms with Gasteiger partial charge in [0.2, 0.25) is 0 Å². The second-order valence-electron chi connectivity index (χ2n) is 7.29. The van der Waals surface area contributed by atoms with Gasteiger partial charge in [-0.05, 0) is 30.5 Å². The number of piperidine rings is 1. The summed E-state index contributed by atoms with van der Waals surface area (Å²) in [4.78, 5) is 18.1. The second kappa shape index (κ2) is 6.77. The number of aromatic amines is 1. The molecule has 8 nitrogen and oxygen atoms in total. The minimum Gasteiger partial charge on any atom is -0.373 e. The van der Waals surface area contributed by atoms with Crippen LogP contribution in [-0.4, -0.2) is 51.4 Å². The molecule has 2 bridgehead atoms. The molecule has 3 N–H and O–H groups in total. The molecular weight excluding hydrogens is 332 g/mol. The molecule has 138 valence electrons. The van der Waals surface area contributed by atoms with Crippen LogP contribution in [0.3, 0.4) is 0 Å². The van der Waals surface area contributed by atoms with E-state index in [1.807, 2.05) is 12.1 Å². The van der Waals surface area contributed by atoms with Crippen LogP contribution in [0.1, 0.15) is 41.0 Å². The molecule has 2 aromatic rings. The van der Waals surface area contributed by atoms with Crippen LogP contribution in [0.25, 0.3) is 0 Å². The maximum absolute atomic E-state index is 11.6.